The van der Waals surface area contributed by atoms with Gasteiger partial charge >= 0.3 is 0 Å². The van der Waals surface area contributed by atoms with Crippen LogP contribution in [0.3, 0.4) is 0 Å². The van der Waals surface area contributed by atoms with Crippen molar-refractivity contribution in [3.8, 4) is 0 Å². The highest BCUT2D eigenvalue weighted by Crippen LogP contribution is 2.03. The van der Waals surface area contributed by atoms with E-state index in [0.29, 0.717) is 5.82 Å². The SMILES string of the molecule is C=C(N)N(C)CCCC(C)C=O. The highest BCUT2D eigenvalue weighted by molar-refractivity contribution is 5.52. The summed E-state index contributed by atoms with van der Waals surface area (Å²) in [4.78, 5) is 12.1. The van der Waals surface area contributed by atoms with Crippen molar-refractivity contribution in [1.29, 1.82) is 0 Å². The Morgan fingerprint density at radius 2 is 2.33 bits per heavy atom. The standard InChI is InChI=1S/C9H18N2O/c1-8(7-12)5-4-6-11(3)9(2)10/h7-8H,2,4-6,10H2,1,3H3. The number of hydrogen-bond donors (Lipinski definition) is 1. The van der Waals surface area contributed by atoms with E-state index < -0.39 is 0 Å². The molecule has 1 atom stereocenters. The fraction of sp³-hybridized carbons (Fsp3) is 0.667. The molecule has 0 aromatic carbocycles. The zero-order valence-corrected chi connectivity index (χ0v) is 7.92. The minimum Gasteiger partial charge on any atom is -0.386 e. The lowest BCUT2D eigenvalue weighted by molar-refractivity contribution is -0.110. The third kappa shape index (κ3) is 4.77. The van der Waals surface area contributed by atoms with Crippen LogP contribution in [0, 0.1) is 5.92 Å². The van der Waals surface area contributed by atoms with Gasteiger partial charge in [0.15, 0.2) is 0 Å². The van der Waals surface area contributed by atoms with Crippen molar-refractivity contribution in [2.24, 2.45) is 11.7 Å². The van der Waals surface area contributed by atoms with Crippen molar-refractivity contribution in [3.63, 3.8) is 0 Å². The molecule has 3 heteroatoms. The van der Waals surface area contributed by atoms with Crippen LogP contribution in [0.25, 0.3) is 0 Å². The van der Waals surface area contributed by atoms with Crippen molar-refractivity contribution in [1.82, 2.24) is 4.90 Å². The molecule has 0 aromatic rings. The number of aldehydes is 1. The van der Waals surface area contributed by atoms with E-state index in [1.54, 1.807) is 0 Å². The molecule has 0 aliphatic rings. The Balaban J connectivity index is 3.43. The fourth-order valence-corrected chi connectivity index (χ4v) is 0.862. The van der Waals surface area contributed by atoms with Gasteiger partial charge in [0.05, 0.1) is 5.82 Å². The molecule has 3 nitrogen and oxygen atoms in total. The second-order valence-electron chi connectivity index (χ2n) is 3.17. The van der Waals surface area contributed by atoms with Crippen LogP contribution in [0.5, 0.6) is 0 Å². The summed E-state index contributed by atoms with van der Waals surface area (Å²) in [6.07, 6.45) is 2.88. The molecule has 0 radical (unpaired) electrons. The van der Waals surface area contributed by atoms with Crippen LogP contribution in [0.2, 0.25) is 0 Å². The van der Waals surface area contributed by atoms with Gasteiger partial charge in [-0.2, -0.15) is 0 Å². The lowest BCUT2D eigenvalue weighted by atomic mass is 10.1. The molecule has 0 spiro atoms. The Morgan fingerprint density at radius 3 is 2.75 bits per heavy atom. The maximum Gasteiger partial charge on any atom is 0.122 e. The highest BCUT2D eigenvalue weighted by Gasteiger charge is 2.01. The fourth-order valence-electron chi connectivity index (χ4n) is 0.862. The maximum atomic E-state index is 10.3. The van der Waals surface area contributed by atoms with Gasteiger partial charge in [0, 0.05) is 19.5 Å². The van der Waals surface area contributed by atoms with Gasteiger partial charge in [-0.25, -0.2) is 0 Å². The van der Waals surface area contributed by atoms with Gasteiger partial charge in [0.25, 0.3) is 0 Å². The quantitative estimate of drug-likeness (QED) is 0.604. The van der Waals surface area contributed by atoms with Crippen molar-refractivity contribution in [2.45, 2.75) is 19.8 Å². The lowest BCUT2D eigenvalue weighted by Crippen LogP contribution is -2.23. The molecule has 0 rings (SSSR count). The van der Waals surface area contributed by atoms with Gasteiger partial charge in [-0.3, -0.25) is 0 Å². The summed E-state index contributed by atoms with van der Waals surface area (Å²) in [5.41, 5.74) is 5.45. The molecule has 70 valence electrons. The normalized spacial score (nSPS) is 12.2. The molecular weight excluding hydrogens is 152 g/mol. The van der Waals surface area contributed by atoms with Crippen LogP contribution in [0.15, 0.2) is 12.4 Å². The molecule has 0 bridgehead atoms. The Morgan fingerprint density at radius 1 is 1.75 bits per heavy atom. The van der Waals surface area contributed by atoms with Gasteiger partial charge in [-0.15, -0.1) is 0 Å². The minimum absolute atomic E-state index is 0.157. The molecule has 0 saturated heterocycles. The molecule has 0 aromatic heterocycles. The van der Waals surface area contributed by atoms with E-state index in [1.807, 2.05) is 18.9 Å². The molecule has 12 heavy (non-hydrogen) atoms. The molecule has 0 aliphatic carbocycles. The van der Waals surface area contributed by atoms with Gasteiger partial charge < -0.3 is 15.4 Å². The average molecular weight is 170 g/mol. The van der Waals surface area contributed by atoms with Crippen molar-refractivity contribution >= 4 is 6.29 Å². The number of nitrogens with two attached hydrogens (primary N) is 1. The summed E-state index contributed by atoms with van der Waals surface area (Å²) in [6, 6.07) is 0. The topological polar surface area (TPSA) is 46.3 Å². The summed E-state index contributed by atoms with van der Waals surface area (Å²) in [5, 5.41) is 0. The highest BCUT2D eigenvalue weighted by atomic mass is 16.1. The van der Waals surface area contributed by atoms with Crippen LogP contribution in [-0.2, 0) is 4.79 Å². The first-order chi connectivity index (χ1) is 5.57. The summed E-state index contributed by atoms with van der Waals surface area (Å²) in [7, 11) is 1.90. The van der Waals surface area contributed by atoms with E-state index in [-0.39, 0.29) is 5.92 Å². The van der Waals surface area contributed by atoms with Gasteiger partial charge in [-0.05, 0) is 12.8 Å². The zero-order chi connectivity index (χ0) is 9.56. The number of rotatable bonds is 6. The number of carbonyl (C=O) groups excluding carboxylic acids is 1. The van der Waals surface area contributed by atoms with E-state index in [4.69, 9.17) is 5.73 Å². The van der Waals surface area contributed by atoms with Crippen molar-refractivity contribution < 1.29 is 4.79 Å². The van der Waals surface area contributed by atoms with Crippen molar-refractivity contribution in [3.05, 3.63) is 12.4 Å². The summed E-state index contributed by atoms with van der Waals surface area (Å²) in [6.45, 7) is 6.40. The molecule has 0 aliphatic heterocycles. The van der Waals surface area contributed by atoms with E-state index >= 15 is 0 Å². The first kappa shape index (κ1) is 11.0. The number of hydrogen-bond acceptors (Lipinski definition) is 3. The molecule has 1 unspecified atom stereocenters. The third-order valence-electron chi connectivity index (χ3n) is 1.88. The molecular formula is C9H18N2O. The predicted molar refractivity (Wildman–Crippen MR) is 50.4 cm³/mol. The van der Waals surface area contributed by atoms with Crippen LogP contribution in [0.4, 0.5) is 0 Å². The van der Waals surface area contributed by atoms with Crippen LogP contribution in [-0.4, -0.2) is 24.8 Å². The maximum absolute atomic E-state index is 10.3. The summed E-state index contributed by atoms with van der Waals surface area (Å²) < 4.78 is 0. The molecule has 0 amide bonds. The summed E-state index contributed by atoms with van der Waals surface area (Å²) >= 11 is 0. The first-order valence-corrected chi connectivity index (χ1v) is 4.18. The zero-order valence-electron chi connectivity index (χ0n) is 7.92. The van der Waals surface area contributed by atoms with Crippen LogP contribution in [0.1, 0.15) is 19.8 Å². The first-order valence-electron chi connectivity index (χ1n) is 4.18. The van der Waals surface area contributed by atoms with E-state index in [1.165, 1.54) is 0 Å². The smallest absolute Gasteiger partial charge is 0.122 e. The largest absolute Gasteiger partial charge is 0.386 e. The Kier molecular flexibility index (Phi) is 5.17. The number of nitrogens with zero attached hydrogens (tertiary/aromatic N) is 1. The monoisotopic (exact) mass is 170 g/mol. The summed E-state index contributed by atoms with van der Waals surface area (Å²) in [5.74, 6) is 0.734. The molecule has 2 N–H and O–H groups in total. The third-order valence-corrected chi connectivity index (χ3v) is 1.88. The van der Waals surface area contributed by atoms with Gasteiger partial charge in [0.2, 0.25) is 0 Å². The minimum atomic E-state index is 0.157. The average Bonchev–Trinajstić information content (AvgIpc) is 2.03. The van der Waals surface area contributed by atoms with Crippen LogP contribution >= 0.6 is 0 Å². The Hall–Kier alpha value is -0.990. The predicted octanol–water partition coefficient (Wildman–Crippen LogP) is 0.963. The van der Waals surface area contributed by atoms with Crippen molar-refractivity contribution in [2.75, 3.05) is 13.6 Å². The lowest BCUT2D eigenvalue weighted by Gasteiger charge is -2.18. The van der Waals surface area contributed by atoms with E-state index in [0.717, 1.165) is 25.7 Å². The Bertz CT molecular complexity index is 157. The number of carbonyl (C=O) groups is 1. The second-order valence-corrected chi connectivity index (χ2v) is 3.17. The molecule has 0 saturated carbocycles. The molecule has 0 fully saturated rings. The molecule has 0 heterocycles. The van der Waals surface area contributed by atoms with E-state index in [2.05, 4.69) is 6.58 Å². The second kappa shape index (κ2) is 5.63. The van der Waals surface area contributed by atoms with Gasteiger partial charge in [0.1, 0.15) is 6.29 Å². The van der Waals surface area contributed by atoms with Crippen LogP contribution < -0.4 is 5.73 Å². The Labute approximate surface area is 74.2 Å². The van der Waals surface area contributed by atoms with Gasteiger partial charge in [-0.1, -0.05) is 13.5 Å². The van der Waals surface area contributed by atoms with E-state index in [9.17, 15) is 4.79 Å².